The fraction of sp³-hybridized carbons (Fsp3) is 0.316. The van der Waals surface area contributed by atoms with Gasteiger partial charge in [-0.1, -0.05) is 12.1 Å². The van der Waals surface area contributed by atoms with Gasteiger partial charge >= 0.3 is 0 Å². The van der Waals surface area contributed by atoms with Crippen molar-refractivity contribution in [3.63, 3.8) is 0 Å². The first kappa shape index (κ1) is 18.6. The van der Waals surface area contributed by atoms with Crippen molar-refractivity contribution in [2.24, 2.45) is 0 Å². The average molecular weight is 344 g/mol. The Morgan fingerprint density at radius 1 is 0.960 bits per heavy atom. The molecule has 0 unspecified atom stereocenters. The second-order valence-corrected chi connectivity index (χ2v) is 5.40. The van der Waals surface area contributed by atoms with Crippen LogP contribution in [-0.4, -0.2) is 40.3 Å². The fourth-order valence-corrected chi connectivity index (χ4v) is 2.38. The molecule has 6 nitrogen and oxygen atoms in total. The molecule has 0 spiro atoms. The zero-order chi connectivity index (χ0) is 18.1. The predicted molar refractivity (Wildman–Crippen MR) is 97.7 cm³/mol. The van der Waals surface area contributed by atoms with E-state index in [-0.39, 0.29) is 12.5 Å². The van der Waals surface area contributed by atoms with Crippen LogP contribution >= 0.6 is 0 Å². The van der Waals surface area contributed by atoms with Crippen LogP contribution in [0.4, 0.5) is 5.69 Å². The molecule has 0 saturated carbocycles. The second kappa shape index (κ2) is 9.54. The summed E-state index contributed by atoms with van der Waals surface area (Å²) in [6, 6.07) is 13.2. The lowest BCUT2D eigenvalue weighted by Gasteiger charge is -2.11. The van der Waals surface area contributed by atoms with Gasteiger partial charge in [0.25, 0.3) is 0 Å². The number of carbonyl (C=O) groups excluding carboxylic acids is 1. The first-order chi connectivity index (χ1) is 12.2. The molecule has 0 aliphatic rings. The van der Waals surface area contributed by atoms with Gasteiger partial charge in [0, 0.05) is 11.8 Å². The number of carbonyl (C=O) groups is 1. The SMILES string of the molecule is COc1cccc(CCNCC(=O)Nc2ccc(OC)c(OC)c2)c1. The van der Waals surface area contributed by atoms with Crippen LogP contribution in [-0.2, 0) is 11.2 Å². The maximum atomic E-state index is 12.0. The summed E-state index contributed by atoms with van der Waals surface area (Å²) in [5, 5.41) is 5.96. The van der Waals surface area contributed by atoms with Gasteiger partial charge in [0.2, 0.25) is 5.91 Å². The van der Waals surface area contributed by atoms with Crippen LogP contribution in [0.3, 0.4) is 0 Å². The van der Waals surface area contributed by atoms with Gasteiger partial charge in [-0.25, -0.2) is 0 Å². The van der Waals surface area contributed by atoms with E-state index in [0.717, 1.165) is 17.7 Å². The van der Waals surface area contributed by atoms with Crippen LogP contribution in [0.25, 0.3) is 0 Å². The van der Waals surface area contributed by atoms with Crippen LogP contribution < -0.4 is 24.8 Å². The molecule has 0 radical (unpaired) electrons. The van der Waals surface area contributed by atoms with Crippen molar-refractivity contribution in [1.29, 1.82) is 0 Å². The molecule has 25 heavy (non-hydrogen) atoms. The van der Waals surface area contributed by atoms with Gasteiger partial charge in [0.05, 0.1) is 27.9 Å². The molecule has 0 atom stereocenters. The Balaban J connectivity index is 1.77. The molecule has 2 aromatic rings. The smallest absolute Gasteiger partial charge is 0.238 e. The highest BCUT2D eigenvalue weighted by molar-refractivity contribution is 5.92. The Morgan fingerprint density at radius 2 is 1.76 bits per heavy atom. The number of benzene rings is 2. The minimum atomic E-state index is -0.113. The summed E-state index contributed by atoms with van der Waals surface area (Å²) in [5.74, 6) is 1.92. The molecule has 0 aliphatic carbocycles. The van der Waals surface area contributed by atoms with Crippen LogP contribution in [0.15, 0.2) is 42.5 Å². The molecule has 0 aromatic heterocycles. The number of methoxy groups -OCH3 is 3. The lowest BCUT2D eigenvalue weighted by atomic mass is 10.1. The van der Waals surface area contributed by atoms with E-state index in [1.165, 1.54) is 0 Å². The van der Waals surface area contributed by atoms with Crippen molar-refractivity contribution >= 4 is 11.6 Å². The molecule has 0 aliphatic heterocycles. The van der Waals surface area contributed by atoms with E-state index in [1.807, 2.05) is 24.3 Å². The number of anilines is 1. The number of hydrogen-bond donors (Lipinski definition) is 2. The van der Waals surface area contributed by atoms with Crippen molar-refractivity contribution in [3.05, 3.63) is 48.0 Å². The van der Waals surface area contributed by atoms with Gasteiger partial charge in [-0.2, -0.15) is 0 Å². The number of amides is 1. The van der Waals surface area contributed by atoms with E-state index in [9.17, 15) is 4.79 Å². The number of nitrogens with one attached hydrogen (secondary N) is 2. The first-order valence-corrected chi connectivity index (χ1v) is 8.01. The highest BCUT2D eigenvalue weighted by Gasteiger charge is 2.07. The molecular formula is C19H24N2O4. The normalized spacial score (nSPS) is 10.2. The van der Waals surface area contributed by atoms with Crippen molar-refractivity contribution in [2.75, 3.05) is 39.7 Å². The lowest BCUT2D eigenvalue weighted by molar-refractivity contribution is -0.115. The summed E-state index contributed by atoms with van der Waals surface area (Å²) in [4.78, 5) is 12.0. The molecule has 6 heteroatoms. The summed E-state index contributed by atoms with van der Waals surface area (Å²) in [7, 11) is 4.78. The molecule has 0 saturated heterocycles. The van der Waals surface area contributed by atoms with Gasteiger partial charge in [0.1, 0.15) is 5.75 Å². The molecule has 0 fully saturated rings. The average Bonchev–Trinajstić information content (AvgIpc) is 2.65. The van der Waals surface area contributed by atoms with Crippen molar-refractivity contribution < 1.29 is 19.0 Å². The third-order valence-corrected chi connectivity index (χ3v) is 3.68. The molecular weight excluding hydrogens is 320 g/mol. The maximum Gasteiger partial charge on any atom is 0.238 e. The van der Waals surface area contributed by atoms with Crippen LogP contribution in [0.1, 0.15) is 5.56 Å². The van der Waals surface area contributed by atoms with E-state index in [4.69, 9.17) is 14.2 Å². The number of hydrogen-bond acceptors (Lipinski definition) is 5. The van der Waals surface area contributed by atoms with Crippen molar-refractivity contribution in [2.45, 2.75) is 6.42 Å². The fourth-order valence-electron chi connectivity index (χ4n) is 2.38. The van der Waals surface area contributed by atoms with Crippen LogP contribution in [0, 0.1) is 0 Å². The lowest BCUT2D eigenvalue weighted by Crippen LogP contribution is -2.29. The topological polar surface area (TPSA) is 68.8 Å². The Morgan fingerprint density at radius 3 is 2.48 bits per heavy atom. The van der Waals surface area contributed by atoms with Gasteiger partial charge in [-0.05, 0) is 42.8 Å². The summed E-state index contributed by atoms with van der Waals surface area (Å²) >= 11 is 0. The third-order valence-electron chi connectivity index (χ3n) is 3.68. The molecule has 2 N–H and O–H groups in total. The van der Waals surface area contributed by atoms with E-state index >= 15 is 0 Å². The highest BCUT2D eigenvalue weighted by Crippen LogP contribution is 2.29. The van der Waals surface area contributed by atoms with Gasteiger partial charge in [-0.15, -0.1) is 0 Å². The van der Waals surface area contributed by atoms with Crippen molar-refractivity contribution in [1.82, 2.24) is 5.32 Å². The van der Waals surface area contributed by atoms with Crippen molar-refractivity contribution in [3.8, 4) is 17.2 Å². The number of rotatable bonds is 9. The summed E-state index contributed by atoms with van der Waals surface area (Å²) < 4.78 is 15.6. The Labute approximate surface area is 148 Å². The summed E-state index contributed by atoms with van der Waals surface area (Å²) in [5.41, 5.74) is 1.82. The Bertz CT molecular complexity index is 704. The van der Waals surface area contributed by atoms with Gasteiger partial charge in [-0.3, -0.25) is 4.79 Å². The monoisotopic (exact) mass is 344 g/mol. The third kappa shape index (κ3) is 5.69. The zero-order valence-corrected chi connectivity index (χ0v) is 14.8. The zero-order valence-electron chi connectivity index (χ0n) is 14.8. The van der Waals surface area contributed by atoms with Gasteiger partial charge in [0.15, 0.2) is 11.5 Å². The minimum absolute atomic E-state index is 0.113. The minimum Gasteiger partial charge on any atom is -0.497 e. The Kier molecular flexibility index (Phi) is 7.10. The van der Waals surface area contributed by atoms with E-state index < -0.39 is 0 Å². The Hall–Kier alpha value is -2.73. The largest absolute Gasteiger partial charge is 0.497 e. The van der Waals surface area contributed by atoms with E-state index in [0.29, 0.717) is 23.7 Å². The second-order valence-electron chi connectivity index (χ2n) is 5.40. The molecule has 134 valence electrons. The highest BCUT2D eigenvalue weighted by atomic mass is 16.5. The maximum absolute atomic E-state index is 12.0. The quantitative estimate of drug-likeness (QED) is 0.684. The number of ether oxygens (including phenoxy) is 3. The molecule has 2 rings (SSSR count). The predicted octanol–water partition coefficient (Wildman–Crippen LogP) is 2.48. The van der Waals surface area contributed by atoms with E-state index in [1.54, 1.807) is 39.5 Å². The molecule has 0 heterocycles. The van der Waals surface area contributed by atoms with Gasteiger partial charge < -0.3 is 24.8 Å². The molecule has 2 aromatic carbocycles. The summed E-state index contributed by atoms with van der Waals surface area (Å²) in [6.07, 6.45) is 0.820. The standard InChI is InChI=1S/C19H24N2O4/c1-23-16-6-4-5-14(11-16)9-10-20-13-19(22)21-15-7-8-17(24-2)18(12-15)25-3/h4-8,11-12,20H,9-10,13H2,1-3H3,(H,21,22). The van der Waals surface area contributed by atoms with Crippen LogP contribution in [0.2, 0.25) is 0 Å². The molecule has 0 bridgehead atoms. The molecule has 1 amide bonds. The first-order valence-electron chi connectivity index (χ1n) is 8.01. The van der Waals surface area contributed by atoms with E-state index in [2.05, 4.69) is 10.6 Å². The summed E-state index contributed by atoms with van der Waals surface area (Å²) in [6.45, 7) is 0.935. The van der Waals surface area contributed by atoms with Crippen LogP contribution in [0.5, 0.6) is 17.2 Å².